The van der Waals surface area contributed by atoms with Crippen LogP contribution in [-0.2, 0) is 4.79 Å². The molecule has 1 aromatic rings. The number of hydrogen-bond donors (Lipinski definition) is 0. The molecule has 0 atom stereocenters. The first-order valence-electron chi connectivity index (χ1n) is 3.63. The second-order valence-corrected chi connectivity index (χ2v) is 3.05. The molecule has 0 amide bonds. The molecule has 0 N–H and O–H groups in total. The minimum Gasteiger partial charge on any atom is -0.416 e. The molecule has 0 saturated carbocycles. The van der Waals surface area contributed by atoms with E-state index >= 15 is 0 Å². The van der Waals surface area contributed by atoms with E-state index in [0.717, 1.165) is 4.47 Å². The van der Waals surface area contributed by atoms with Gasteiger partial charge in [-0.15, -0.1) is 0 Å². The smallest absolute Gasteiger partial charge is 0.389 e. The van der Waals surface area contributed by atoms with E-state index in [2.05, 4.69) is 27.8 Å². The highest BCUT2D eigenvalue weighted by Crippen LogP contribution is 2.23. The van der Waals surface area contributed by atoms with Gasteiger partial charge in [0.2, 0.25) is 0 Å². The molecule has 0 radical (unpaired) electrons. The van der Waals surface area contributed by atoms with Gasteiger partial charge in [0.1, 0.15) is 5.75 Å². The first-order chi connectivity index (χ1) is 6.24. The molecular weight excluding hydrogens is 232 g/mol. The summed E-state index contributed by atoms with van der Waals surface area (Å²) in [6, 6.07) is 7.11. The van der Waals surface area contributed by atoms with Gasteiger partial charge < -0.3 is 4.74 Å². The number of para-hydroxylation sites is 1. The zero-order valence-electron chi connectivity index (χ0n) is 7.00. The van der Waals surface area contributed by atoms with Gasteiger partial charge in [-0.3, -0.25) is 0 Å². The molecule has 0 aliphatic rings. The van der Waals surface area contributed by atoms with E-state index in [4.69, 9.17) is 4.74 Å². The van der Waals surface area contributed by atoms with Gasteiger partial charge in [0.15, 0.2) is 0 Å². The Morgan fingerprint density at radius 1 is 1.46 bits per heavy atom. The summed E-state index contributed by atoms with van der Waals surface area (Å²) >= 11 is 3.25. The van der Waals surface area contributed by atoms with Gasteiger partial charge in [-0.2, -0.15) is 0 Å². The van der Waals surface area contributed by atoms with Crippen LogP contribution in [0.2, 0.25) is 0 Å². The standard InChI is InChI=1S/C10H7BrO2/c1-2-5-10(12)13-9-7-4-3-6-8(9)11/h3-4,6-7H,1H3. The van der Waals surface area contributed by atoms with Crippen LogP contribution in [0.25, 0.3) is 0 Å². The molecule has 0 fully saturated rings. The lowest BCUT2D eigenvalue weighted by Crippen LogP contribution is -2.04. The van der Waals surface area contributed by atoms with Crippen LogP contribution in [-0.4, -0.2) is 5.97 Å². The van der Waals surface area contributed by atoms with Crippen molar-refractivity contribution in [2.75, 3.05) is 0 Å². The fraction of sp³-hybridized carbons (Fsp3) is 0.100. The Balaban J connectivity index is 2.78. The lowest BCUT2D eigenvalue weighted by Gasteiger charge is -2.01. The van der Waals surface area contributed by atoms with Crippen molar-refractivity contribution < 1.29 is 9.53 Å². The molecule has 0 saturated heterocycles. The summed E-state index contributed by atoms with van der Waals surface area (Å²) in [5.74, 6) is 4.69. The molecular formula is C10H7BrO2. The highest BCUT2D eigenvalue weighted by atomic mass is 79.9. The second kappa shape index (κ2) is 4.68. The van der Waals surface area contributed by atoms with Crippen molar-refractivity contribution in [1.29, 1.82) is 0 Å². The maximum absolute atomic E-state index is 10.9. The normalized spacial score (nSPS) is 8.46. The second-order valence-electron chi connectivity index (χ2n) is 2.19. The summed E-state index contributed by atoms with van der Waals surface area (Å²) in [5.41, 5.74) is 0. The van der Waals surface area contributed by atoms with E-state index in [1.54, 1.807) is 25.1 Å². The van der Waals surface area contributed by atoms with Gasteiger partial charge in [0.05, 0.1) is 4.47 Å². The minimum atomic E-state index is -0.547. The van der Waals surface area contributed by atoms with Crippen molar-refractivity contribution in [3.63, 3.8) is 0 Å². The average Bonchev–Trinajstić information content (AvgIpc) is 2.09. The van der Waals surface area contributed by atoms with E-state index in [9.17, 15) is 4.79 Å². The molecule has 1 rings (SSSR count). The van der Waals surface area contributed by atoms with Crippen molar-refractivity contribution in [1.82, 2.24) is 0 Å². The average molecular weight is 239 g/mol. The molecule has 0 aromatic heterocycles. The summed E-state index contributed by atoms with van der Waals surface area (Å²) in [6.45, 7) is 1.58. The monoisotopic (exact) mass is 238 g/mol. The van der Waals surface area contributed by atoms with Crippen LogP contribution in [0.4, 0.5) is 0 Å². The molecule has 0 bridgehead atoms. The number of ether oxygens (including phenoxy) is 1. The summed E-state index contributed by atoms with van der Waals surface area (Å²) in [5, 5.41) is 0. The Morgan fingerprint density at radius 3 is 2.77 bits per heavy atom. The number of benzene rings is 1. The number of rotatable bonds is 1. The Labute approximate surface area is 85.0 Å². The van der Waals surface area contributed by atoms with Crippen LogP contribution < -0.4 is 4.74 Å². The van der Waals surface area contributed by atoms with Crippen LogP contribution in [0.1, 0.15) is 6.92 Å². The molecule has 0 aliphatic carbocycles. The molecule has 0 aliphatic heterocycles. The first kappa shape index (κ1) is 9.82. The van der Waals surface area contributed by atoms with Gasteiger partial charge in [-0.25, -0.2) is 4.79 Å². The lowest BCUT2D eigenvalue weighted by molar-refractivity contribution is -0.128. The maximum atomic E-state index is 10.9. The van der Waals surface area contributed by atoms with Gasteiger partial charge >= 0.3 is 5.97 Å². The van der Waals surface area contributed by atoms with Crippen molar-refractivity contribution >= 4 is 21.9 Å². The molecule has 3 heteroatoms. The van der Waals surface area contributed by atoms with Crippen LogP contribution >= 0.6 is 15.9 Å². The van der Waals surface area contributed by atoms with E-state index in [-0.39, 0.29) is 0 Å². The Kier molecular flexibility index (Phi) is 3.53. The summed E-state index contributed by atoms with van der Waals surface area (Å²) in [4.78, 5) is 10.9. The first-order valence-corrected chi connectivity index (χ1v) is 4.42. The molecule has 0 heterocycles. The van der Waals surface area contributed by atoms with Gasteiger partial charge in [-0.1, -0.05) is 18.1 Å². The number of esters is 1. The predicted octanol–water partition coefficient (Wildman–Crippen LogP) is 2.38. The van der Waals surface area contributed by atoms with Crippen LogP contribution in [0.3, 0.4) is 0 Å². The van der Waals surface area contributed by atoms with Crippen LogP contribution in [0, 0.1) is 11.8 Å². The van der Waals surface area contributed by atoms with Gasteiger partial charge in [0.25, 0.3) is 0 Å². The van der Waals surface area contributed by atoms with Gasteiger partial charge in [-0.05, 0) is 35.0 Å². The molecule has 66 valence electrons. The topological polar surface area (TPSA) is 26.3 Å². The molecule has 13 heavy (non-hydrogen) atoms. The molecule has 0 spiro atoms. The van der Waals surface area contributed by atoms with Crippen molar-refractivity contribution in [2.45, 2.75) is 6.92 Å². The van der Waals surface area contributed by atoms with Crippen molar-refractivity contribution in [3.8, 4) is 17.6 Å². The van der Waals surface area contributed by atoms with E-state index < -0.39 is 5.97 Å². The van der Waals surface area contributed by atoms with Crippen molar-refractivity contribution in [2.24, 2.45) is 0 Å². The molecule has 0 unspecified atom stereocenters. The number of hydrogen-bond acceptors (Lipinski definition) is 2. The minimum absolute atomic E-state index is 0.482. The molecule has 2 nitrogen and oxygen atoms in total. The predicted molar refractivity (Wildman–Crippen MR) is 53.2 cm³/mol. The maximum Gasteiger partial charge on any atom is 0.389 e. The summed E-state index contributed by atoms with van der Waals surface area (Å²) < 4.78 is 5.66. The van der Waals surface area contributed by atoms with E-state index in [1.165, 1.54) is 0 Å². The fourth-order valence-corrected chi connectivity index (χ4v) is 1.12. The zero-order chi connectivity index (χ0) is 9.68. The summed E-state index contributed by atoms with van der Waals surface area (Å²) in [6.07, 6.45) is 0. The quantitative estimate of drug-likeness (QED) is 0.325. The highest BCUT2D eigenvalue weighted by molar-refractivity contribution is 9.10. The SMILES string of the molecule is CC#CC(=O)Oc1ccccc1Br. The largest absolute Gasteiger partial charge is 0.416 e. The Hall–Kier alpha value is -1.27. The molecule has 1 aromatic carbocycles. The lowest BCUT2D eigenvalue weighted by atomic mass is 10.3. The fourth-order valence-electron chi connectivity index (χ4n) is 0.755. The Morgan fingerprint density at radius 2 is 2.15 bits per heavy atom. The van der Waals surface area contributed by atoms with Crippen molar-refractivity contribution in [3.05, 3.63) is 28.7 Å². The van der Waals surface area contributed by atoms with Gasteiger partial charge in [0, 0.05) is 5.92 Å². The van der Waals surface area contributed by atoms with E-state index in [0.29, 0.717) is 5.75 Å². The zero-order valence-corrected chi connectivity index (χ0v) is 8.59. The highest BCUT2D eigenvalue weighted by Gasteiger charge is 2.03. The number of carbonyl (C=O) groups excluding carboxylic acids is 1. The van der Waals surface area contributed by atoms with Crippen LogP contribution in [0.15, 0.2) is 28.7 Å². The third-order valence-electron chi connectivity index (χ3n) is 1.27. The number of carbonyl (C=O) groups is 1. The summed E-state index contributed by atoms with van der Waals surface area (Å²) in [7, 11) is 0. The third kappa shape index (κ3) is 2.92. The number of halogens is 1. The van der Waals surface area contributed by atoms with Crippen LogP contribution in [0.5, 0.6) is 5.75 Å². The third-order valence-corrected chi connectivity index (χ3v) is 1.92. The van der Waals surface area contributed by atoms with E-state index in [1.807, 2.05) is 6.07 Å². The Bertz CT molecular complexity index is 374.